The third-order valence-electron chi connectivity index (χ3n) is 4.11. The predicted octanol–water partition coefficient (Wildman–Crippen LogP) is 1.05. The summed E-state index contributed by atoms with van der Waals surface area (Å²) in [5, 5.41) is 19.3. The molecule has 20 heavy (non-hydrogen) atoms. The molecular weight excluding hydrogens is 262 g/mol. The van der Waals surface area contributed by atoms with Gasteiger partial charge in [0, 0.05) is 18.5 Å². The minimum absolute atomic E-state index is 0.00741. The van der Waals surface area contributed by atoms with Gasteiger partial charge in [-0.05, 0) is 18.1 Å². The molecule has 2 aliphatic rings. The van der Waals surface area contributed by atoms with Crippen molar-refractivity contribution in [1.29, 1.82) is 0 Å². The summed E-state index contributed by atoms with van der Waals surface area (Å²) in [6, 6.07) is 3.12. The summed E-state index contributed by atoms with van der Waals surface area (Å²) in [6.07, 6.45) is 0.337. The lowest BCUT2D eigenvalue weighted by Gasteiger charge is -2.43. The maximum atomic E-state index is 11.3. The van der Waals surface area contributed by atoms with Gasteiger partial charge >= 0.3 is 6.09 Å². The lowest BCUT2D eigenvalue weighted by Crippen LogP contribution is -2.56. The summed E-state index contributed by atoms with van der Waals surface area (Å²) in [4.78, 5) is 23.5. The number of nitrogens with zero attached hydrogens (tertiary/aromatic N) is 1. The molecule has 0 aromatic heterocycles. The van der Waals surface area contributed by atoms with Crippen molar-refractivity contribution in [3.63, 3.8) is 0 Å². The summed E-state index contributed by atoms with van der Waals surface area (Å²) < 4.78 is 5.64. The van der Waals surface area contributed by atoms with E-state index in [0.717, 1.165) is 5.56 Å². The summed E-state index contributed by atoms with van der Waals surface area (Å²) in [5.41, 5.74) is 1.84. The standard InChI is InChI=1S/C14H15NO5/c16-7-9-2-1-8-5-11-12(6-10(8)13(9)17)20-4-3-15(11)14(18)19/h1-2,7,11-12,17H,3-6H2,(H,18,19). The molecule has 0 radical (unpaired) electrons. The van der Waals surface area contributed by atoms with Crippen molar-refractivity contribution in [2.75, 3.05) is 13.2 Å². The molecule has 1 heterocycles. The Morgan fingerprint density at radius 2 is 2.20 bits per heavy atom. The number of aldehydes is 1. The third-order valence-corrected chi connectivity index (χ3v) is 4.11. The number of hydrogen-bond acceptors (Lipinski definition) is 4. The van der Waals surface area contributed by atoms with Crippen LogP contribution in [0.15, 0.2) is 12.1 Å². The second-order valence-corrected chi connectivity index (χ2v) is 5.12. The highest BCUT2D eigenvalue weighted by molar-refractivity contribution is 5.80. The Morgan fingerprint density at radius 3 is 2.90 bits per heavy atom. The number of phenolic OH excluding ortho intramolecular Hbond substituents is 1. The quantitative estimate of drug-likeness (QED) is 0.749. The molecule has 1 amide bonds. The van der Waals surface area contributed by atoms with Gasteiger partial charge in [-0.25, -0.2) is 4.79 Å². The van der Waals surface area contributed by atoms with E-state index in [0.29, 0.717) is 37.8 Å². The van der Waals surface area contributed by atoms with Crippen molar-refractivity contribution in [3.05, 3.63) is 28.8 Å². The van der Waals surface area contributed by atoms with Crippen LogP contribution in [0.5, 0.6) is 5.75 Å². The van der Waals surface area contributed by atoms with E-state index >= 15 is 0 Å². The highest BCUT2D eigenvalue weighted by Gasteiger charge is 2.39. The van der Waals surface area contributed by atoms with Crippen LogP contribution >= 0.6 is 0 Å². The fourth-order valence-electron chi connectivity index (χ4n) is 3.09. The van der Waals surface area contributed by atoms with Crippen LogP contribution < -0.4 is 0 Å². The molecule has 0 spiro atoms. The molecule has 3 rings (SSSR count). The van der Waals surface area contributed by atoms with E-state index in [9.17, 15) is 19.8 Å². The second-order valence-electron chi connectivity index (χ2n) is 5.12. The Balaban J connectivity index is 1.98. The number of ether oxygens (including phenoxy) is 1. The van der Waals surface area contributed by atoms with Gasteiger partial charge in [-0.15, -0.1) is 0 Å². The summed E-state index contributed by atoms with van der Waals surface area (Å²) in [5.74, 6) is -0.00741. The van der Waals surface area contributed by atoms with Crippen LogP contribution in [-0.4, -0.2) is 52.8 Å². The van der Waals surface area contributed by atoms with Gasteiger partial charge in [-0.2, -0.15) is 0 Å². The van der Waals surface area contributed by atoms with Gasteiger partial charge in [0.15, 0.2) is 6.29 Å². The molecule has 1 aliphatic carbocycles. The van der Waals surface area contributed by atoms with E-state index in [-0.39, 0.29) is 23.5 Å². The number of phenols is 1. The third kappa shape index (κ3) is 1.92. The number of fused-ring (bicyclic) bond motifs is 2. The van der Waals surface area contributed by atoms with Gasteiger partial charge in [0.2, 0.25) is 0 Å². The molecule has 0 saturated carbocycles. The van der Waals surface area contributed by atoms with Crippen LogP contribution in [0.3, 0.4) is 0 Å². The lowest BCUT2D eigenvalue weighted by molar-refractivity contribution is -0.0642. The zero-order chi connectivity index (χ0) is 14.3. The molecule has 1 saturated heterocycles. The van der Waals surface area contributed by atoms with Crippen LogP contribution in [0.4, 0.5) is 4.79 Å². The maximum Gasteiger partial charge on any atom is 0.407 e. The fourth-order valence-corrected chi connectivity index (χ4v) is 3.09. The number of aromatic hydroxyl groups is 1. The smallest absolute Gasteiger partial charge is 0.407 e. The van der Waals surface area contributed by atoms with Crippen molar-refractivity contribution < 1.29 is 24.5 Å². The molecular formula is C14H15NO5. The van der Waals surface area contributed by atoms with Crippen LogP contribution in [-0.2, 0) is 17.6 Å². The topological polar surface area (TPSA) is 87.1 Å². The first-order chi connectivity index (χ1) is 9.61. The Morgan fingerprint density at radius 1 is 1.40 bits per heavy atom. The van der Waals surface area contributed by atoms with Gasteiger partial charge in [0.1, 0.15) is 5.75 Å². The van der Waals surface area contributed by atoms with Crippen molar-refractivity contribution in [1.82, 2.24) is 4.90 Å². The van der Waals surface area contributed by atoms with Crippen molar-refractivity contribution >= 4 is 12.4 Å². The van der Waals surface area contributed by atoms with Crippen molar-refractivity contribution in [3.8, 4) is 5.75 Å². The molecule has 6 nitrogen and oxygen atoms in total. The number of carboxylic acid groups (broad SMARTS) is 1. The largest absolute Gasteiger partial charge is 0.507 e. The minimum atomic E-state index is -0.944. The highest BCUT2D eigenvalue weighted by Crippen LogP contribution is 2.35. The summed E-state index contributed by atoms with van der Waals surface area (Å²) in [6.45, 7) is 0.723. The average Bonchev–Trinajstić information content (AvgIpc) is 2.45. The number of carbonyl (C=O) groups is 2. The van der Waals surface area contributed by atoms with Gasteiger partial charge in [-0.1, -0.05) is 6.07 Å². The molecule has 1 aromatic rings. The van der Waals surface area contributed by atoms with Crippen LogP contribution in [0, 0.1) is 0 Å². The van der Waals surface area contributed by atoms with E-state index in [1.54, 1.807) is 12.1 Å². The first kappa shape index (κ1) is 12.9. The van der Waals surface area contributed by atoms with E-state index in [4.69, 9.17) is 4.74 Å². The minimum Gasteiger partial charge on any atom is -0.507 e. The molecule has 1 aliphatic heterocycles. The monoisotopic (exact) mass is 277 g/mol. The Hall–Kier alpha value is -2.08. The highest BCUT2D eigenvalue weighted by atomic mass is 16.5. The molecule has 1 aromatic carbocycles. The predicted molar refractivity (Wildman–Crippen MR) is 69.2 cm³/mol. The summed E-state index contributed by atoms with van der Waals surface area (Å²) >= 11 is 0. The molecule has 6 heteroatoms. The van der Waals surface area contributed by atoms with Crippen molar-refractivity contribution in [2.45, 2.75) is 25.0 Å². The number of carbonyl (C=O) groups excluding carboxylic acids is 1. The van der Waals surface area contributed by atoms with E-state index in [1.165, 1.54) is 4.90 Å². The maximum absolute atomic E-state index is 11.3. The molecule has 2 N–H and O–H groups in total. The number of amides is 1. The second kappa shape index (κ2) is 4.79. The number of hydrogen-bond donors (Lipinski definition) is 2. The molecule has 2 unspecified atom stereocenters. The van der Waals surface area contributed by atoms with Crippen molar-refractivity contribution in [2.24, 2.45) is 0 Å². The molecule has 2 atom stereocenters. The van der Waals surface area contributed by atoms with Gasteiger partial charge in [0.25, 0.3) is 0 Å². The number of rotatable bonds is 1. The Labute approximate surface area is 115 Å². The Kier molecular flexibility index (Phi) is 3.10. The number of morpholine rings is 1. The molecule has 0 bridgehead atoms. The van der Waals surface area contributed by atoms with Gasteiger partial charge < -0.3 is 19.8 Å². The molecule has 106 valence electrons. The fraction of sp³-hybridized carbons (Fsp3) is 0.429. The first-order valence-corrected chi connectivity index (χ1v) is 6.52. The average molecular weight is 277 g/mol. The van der Waals surface area contributed by atoms with Gasteiger partial charge in [0.05, 0.1) is 24.3 Å². The first-order valence-electron chi connectivity index (χ1n) is 6.52. The molecule has 1 fully saturated rings. The Bertz CT molecular complexity index is 571. The lowest BCUT2D eigenvalue weighted by atomic mass is 9.83. The number of benzene rings is 1. The van der Waals surface area contributed by atoms with E-state index < -0.39 is 6.09 Å². The van der Waals surface area contributed by atoms with Gasteiger partial charge in [-0.3, -0.25) is 4.79 Å². The van der Waals surface area contributed by atoms with Crippen LogP contribution in [0.2, 0.25) is 0 Å². The zero-order valence-electron chi connectivity index (χ0n) is 10.8. The SMILES string of the molecule is O=Cc1ccc2c(c1O)CC1OCCN(C(=O)O)C1C2. The van der Waals surface area contributed by atoms with Crippen LogP contribution in [0.25, 0.3) is 0 Å². The van der Waals surface area contributed by atoms with E-state index in [2.05, 4.69) is 0 Å². The van der Waals surface area contributed by atoms with E-state index in [1.807, 2.05) is 0 Å². The summed E-state index contributed by atoms with van der Waals surface area (Å²) in [7, 11) is 0. The zero-order valence-corrected chi connectivity index (χ0v) is 10.8. The normalized spacial score (nSPS) is 24.7. The van der Waals surface area contributed by atoms with Crippen LogP contribution in [0.1, 0.15) is 21.5 Å².